The zero-order valence-electron chi connectivity index (χ0n) is 11.6. The number of hydrogen-bond acceptors (Lipinski definition) is 4. The molecule has 1 aromatic rings. The van der Waals surface area contributed by atoms with Gasteiger partial charge in [0.2, 0.25) is 0 Å². The van der Waals surface area contributed by atoms with E-state index < -0.39 is 0 Å². The van der Waals surface area contributed by atoms with Gasteiger partial charge in [-0.15, -0.1) is 0 Å². The summed E-state index contributed by atoms with van der Waals surface area (Å²) in [4.78, 5) is 12.9. The monoisotopic (exact) mass is 297 g/mol. The lowest BCUT2D eigenvalue weighted by molar-refractivity contribution is -0.385. The van der Waals surface area contributed by atoms with Gasteiger partial charge < -0.3 is 5.73 Å². The summed E-state index contributed by atoms with van der Waals surface area (Å²) in [5, 5.41) is 11.6. The van der Waals surface area contributed by atoms with Crippen LogP contribution in [0.1, 0.15) is 25.3 Å². The minimum Gasteiger partial charge on any atom is -0.328 e. The molecule has 0 radical (unpaired) electrons. The van der Waals surface area contributed by atoms with E-state index in [2.05, 4.69) is 4.90 Å². The molecule has 1 atom stereocenters. The number of nitro groups is 1. The summed E-state index contributed by atoms with van der Waals surface area (Å²) in [6.45, 7) is 4.47. The summed E-state index contributed by atoms with van der Waals surface area (Å²) in [7, 11) is 0. The molecule has 1 aliphatic rings. The van der Waals surface area contributed by atoms with Crippen molar-refractivity contribution in [1.82, 2.24) is 4.90 Å². The normalized spacial score (nSPS) is 18.9. The molecule has 6 heteroatoms. The molecule has 1 aromatic carbocycles. The first-order valence-corrected chi connectivity index (χ1v) is 7.26. The van der Waals surface area contributed by atoms with Crippen molar-refractivity contribution in [2.75, 3.05) is 13.1 Å². The Morgan fingerprint density at radius 2 is 2.15 bits per heavy atom. The van der Waals surface area contributed by atoms with E-state index in [1.54, 1.807) is 12.1 Å². The van der Waals surface area contributed by atoms with Crippen LogP contribution in [-0.2, 0) is 6.54 Å². The van der Waals surface area contributed by atoms with Crippen LogP contribution in [0.15, 0.2) is 18.2 Å². The van der Waals surface area contributed by atoms with Crippen LogP contribution in [0.3, 0.4) is 0 Å². The number of hydrogen-bond donors (Lipinski definition) is 1. The van der Waals surface area contributed by atoms with E-state index >= 15 is 0 Å². The third-order valence-corrected chi connectivity index (χ3v) is 4.24. The molecule has 0 bridgehead atoms. The smallest absolute Gasteiger partial charge is 0.273 e. The van der Waals surface area contributed by atoms with E-state index in [1.807, 2.05) is 6.92 Å². The maximum absolute atomic E-state index is 11.0. The summed E-state index contributed by atoms with van der Waals surface area (Å²) in [6, 6.07) is 4.95. The molecule has 0 spiro atoms. The average molecular weight is 298 g/mol. The molecule has 1 fully saturated rings. The van der Waals surface area contributed by atoms with Crippen LogP contribution in [0.4, 0.5) is 5.69 Å². The van der Waals surface area contributed by atoms with Gasteiger partial charge in [0.1, 0.15) is 0 Å². The van der Waals surface area contributed by atoms with Crippen LogP contribution < -0.4 is 5.73 Å². The molecule has 1 saturated heterocycles. The van der Waals surface area contributed by atoms with Gasteiger partial charge in [-0.3, -0.25) is 15.0 Å². The molecule has 110 valence electrons. The standard InChI is InChI=1S/C14H20ClN3O2/c1-10(16)11-4-6-17(7-5-11)9-12-8-13(15)2-3-14(12)18(19)20/h2-3,8,10-11H,4-7,9,16H2,1H3. The first-order chi connectivity index (χ1) is 9.47. The zero-order chi connectivity index (χ0) is 14.7. The Hall–Kier alpha value is -1.17. The largest absolute Gasteiger partial charge is 0.328 e. The highest BCUT2D eigenvalue weighted by molar-refractivity contribution is 6.30. The molecule has 0 aliphatic carbocycles. The van der Waals surface area contributed by atoms with Crippen LogP contribution in [0.2, 0.25) is 5.02 Å². The minimum atomic E-state index is -0.347. The van der Waals surface area contributed by atoms with E-state index in [1.165, 1.54) is 6.07 Å². The molecular formula is C14H20ClN3O2. The van der Waals surface area contributed by atoms with Gasteiger partial charge in [-0.2, -0.15) is 0 Å². The second-order valence-corrected chi connectivity index (χ2v) is 5.94. The maximum Gasteiger partial charge on any atom is 0.273 e. The molecular weight excluding hydrogens is 278 g/mol. The van der Waals surface area contributed by atoms with Gasteiger partial charge >= 0.3 is 0 Å². The van der Waals surface area contributed by atoms with Gasteiger partial charge in [0, 0.05) is 29.2 Å². The summed E-state index contributed by atoms with van der Waals surface area (Å²) < 4.78 is 0. The van der Waals surface area contributed by atoms with E-state index in [4.69, 9.17) is 17.3 Å². The molecule has 2 N–H and O–H groups in total. The number of nitrogens with two attached hydrogens (primary N) is 1. The third-order valence-electron chi connectivity index (χ3n) is 4.01. The van der Waals surface area contributed by atoms with Crippen molar-refractivity contribution >= 4 is 17.3 Å². The molecule has 1 heterocycles. The lowest BCUT2D eigenvalue weighted by atomic mass is 9.91. The van der Waals surface area contributed by atoms with Crippen molar-refractivity contribution in [1.29, 1.82) is 0 Å². The number of nitrogens with zero attached hydrogens (tertiary/aromatic N) is 2. The highest BCUT2D eigenvalue weighted by Crippen LogP contribution is 2.26. The number of piperidine rings is 1. The van der Waals surface area contributed by atoms with Gasteiger partial charge in [0.25, 0.3) is 5.69 Å². The number of likely N-dealkylation sites (tertiary alicyclic amines) is 1. The van der Waals surface area contributed by atoms with Crippen LogP contribution in [0.25, 0.3) is 0 Å². The average Bonchev–Trinajstić information content (AvgIpc) is 2.39. The molecule has 20 heavy (non-hydrogen) atoms. The summed E-state index contributed by atoms with van der Waals surface area (Å²) in [6.07, 6.45) is 2.10. The highest BCUT2D eigenvalue weighted by atomic mass is 35.5. The summed E-state index contributed by atoms with van der Waals surface area (Å²) in [5.74, 6) is 0.556. The quantitative estimate of drug-likeness (QED) is 0.685. The van der Waals surface area contributed by atoms with Crippen molar-refractivity contribution in [2.45, 2.75) is 32.4 Å². The van der Waals surface area contributed by atoms with E-state index in [9.17, 15) is 10.1 Å². The maximum atomic E-state index is 11.0. The second-order valence-electron chi connectivity index (χ2n) is 5.50. The minimum absolute atomic E-state index is 0.142. The predicted molar refractivity (Wildman–Crippen MR) is 79.8 cm³/mol. The number of rotatable bonds is 4. The van der Waals surface area contributed by atoms with Crippen molar-refractivity contribution < 1.29 is 4.92 Å². The first kappa shape index (κ1) is 15.2. The molecule has 2 rings (SSSR count). The fourth-order valence-corrected chi connectivity index (χ4v) is 2.93. The molecule has 0 saturated carbocycles. The Bertz CT molecular complexity index is 485. The Morgan fingerprint density at radius 1 is 1.50 bits per heavy atom. The van der Waals surface area contributed by atoms with Crippen LogP contribution in [0.5, 0.6) is 0 Å². The third kappa shape index (κ3) is 3.69. The zero-order valence-corrected chi connectivity index (χ0v) is 12.3. The molecule has 0 aromatic heterocycles. The molecule has 5 nitrogen and oxygen atoms in total. The van der Waals surface area contributed by atoms with Gasteiger partial charge in [0.15, 0.2) is 0 Å². The fraction of sp³-hybridized carbons (Fsp3) is 0.571. The highest BCUT2D eigenvalue weighted by Gasteiger charge is 2.24. The number of benzene rings is 1. The van der Waals surface area contributed by atoms with Crippen LogP contribution >= 0.6 is 11.6 Å². The van der Waals surface area contributed by atoms with Gasteiger partial charge in [-0.1, -0.05) is 11.6 Å². The van der Waals surface area contributed by atoms with E-state index in [0.29, 0.717) is 23.0 Å². The van der Waals surface area contributed by atoms with Crippen LogP contribution in [0, 0.1) is 16.0 Å². The first-order valence-electron chi connectivity index (χ1n) is 6.88. The van der Waals surface area contributed by atoms with Crippen molar-refractivity contribution in [3.63, 3.8) is 0 Å². The summed E-state index contributed by atoms with van der Waals surface area (Å²) in [5.41, 5.74) is 6.75. The topological polar surface area (TPSA) is 72.4 Å². The Balaban J connectivity index is 2.04. The Morgan fingerprint density at radius 3 is 2.70 bits per heavy atom. The van der Waals surface area contributed by atoms with Crippen molar-refractivity contribution in [3.8, 4) is 0 Å². The van der Waals surface area contributed by atoms with Gasteiger partial charge in [0.05, 0.1) is 4.92 Å². The van der Waals surface area contributed by atoms with E-state index in [-0.39, 0.29) is 16.7 Å². The molecule has 0 amide bonds. The lowest BCUT2D eigenvalue weighted by Gasteiger charge is -2.33. The second kappa shape index (κ2) is 6.52. The van der Waals surface area contributed by atoms with Crippen molar-refractivity contribution in [2.24, 2.45) is 11.7 Å². The SMILES string of the molecule is CC(N)C1CCN(Cc2cc(Cl)ccc2[N+](=O)[O-])CC1. The molecule has 1 aliphatic heterocycles. The number of halogens is 1. The lowest BCUT2D eigenvalue weighted by Crippen LogP contribution is -2.39. The number of nitro benzene ring substituents is 1. The fourth-order valence-electron chi connectivity index (χ4n) is 2.74. The Kier molecular flexibility index (Phi) is 4.96. The van der Waals surface area contributed by atoms with Crippen LogP contribution in [-0.4, -0.2) is 29.0 Å². The molecule has 1 unspecified atom stereocenters. The Labute approximate surface area is 123 Å². The van der Waals surface area contributed by atoms with Crippen molar-refractivity contribution in [3.05, 3.63) is 38.9 Å². The van der Waals surface area contributed by atoms with Gasteiger partial charge in [-0.25, -0.2) is 0 Å². The predicted octanol–water partition coefficient (Wildman–Crippen LogP) is 2.81. The summed E-state index contributed by atoms with van der Waals surface area (Å²) >= 11 is 5.95. The van der Waals surface area contributed by atoms with Gasteiger partial charge in [-0.05, 0) is 50.9 Å². The van der Waals surface area contributed by atoms with E-state index in [0.717, 1.165) is 25.9 Å².